The lowest BCUT2D eigenvalue weighted by Gasteiger charge is -2.16. The second kappa shape index (κ2) is 4.91. The zero-order valence-electron chi connectivity index (χ0n) is 10.1. The Labute approximate surface area is 105 Å². The van der Waals surface area contributed by atoms with Crippen molar-refractivity contribution >= 4 is 22.5 Å². The molecule has 1 amide bonds. The number of aromatic nitrogens is 1. The molecule has 1 aromatic heterocycles. The molecule has 1 aromatic carbocycles. The van der Waals surface area contributed by atoms with Gasteiger partial charge in [0.1, 0.15) is 5.75 Å². The van der Waals surface area contributed by atoms with E-state index in [4.69, 9.17) is 16.2 Å². The zero-order valence-corrected chi connectivity index (χ0v) is 10.1. The van der Waals surface area contributed by atoms with Crippen LogP contribution >= 0.6 is 0 Å². The predicted molar refractivity (Wildman–Crippen MR) is 70.1 cm³/mol. The highest BCUT2D eigenvalue weighted by Crippen LogP contribution is 2.29. The molecule has 0 aliphatic carbocycles. The molecule has 5 heteroatoms. The van der Waals surface area contributed by atoms with Crippen molar-refractivity contribution in [3.63, 3.8) is 0 Å². The first kappa shape index (κ1) is 12.2. The molecule has 5 nitrogen and oxygen atoms in total. The van der Waals surface area contributed by atoms with Crippen LogP contribution in [0.3, 0.4) is 0 Å². The fourth-order valence-corrected chi connectivity index (χ4v) is 1.77. The van der Waals surface area contributed by atoms with Crippen molar-refractivity contribution < 1.29 is 9.53 Å². The summed E-state index contributed by atoms with van der Waals surface area (Å²) in [4.78, 5) is 15.4. The van der Waals surface area contributed by atoms with Gasteiger partial charge in [0, 0.05) is 11.6 Å². The van der Waals surface area contributed by atoms with Crippen molar-refractivity contribution in [3.8, 4) is 5.75 Å². The number of ether oxygens (including phenoxy) is 1. The van der Waals surface area contributed by atoms with Crippen molar-refractivity contribution in [3.05, 3.63) is 30.5 Å². The number of benzene rings is 1. The Hall–Kier alpha value is -2.30. The molecule has 2 rings (SSSR count). The highest BCUT2D eigenvalue weighted by Gasteiger charge is 2.16. The Morgan fingerprint density at radius 2 is 2.22 bits per heavy atom. The average molecular weight is 245 g/mol. The number of nitrogen functional groups attached to an aromatic ring is 1. The second-order valence-electron chi connectivity index (χ2n) is 3.97. The fraction of sp³-hybridized carbons (Fsp3) is 0.231. The first-order valence-corrected chi connectivity index (χ1v) is 5.72. The largest absolute Gasteiger partial charge is 0.480 e. The summed E-state index contributed by atoms with van der Waals surface area (Å²) in [5.74, 6) is 0.0873. The number of hydrogen-bond acceptors (Lipinski definition) is 4. The van der Waals surface area contributed by atoms with Gasteiger partial charge < -0.3 is 16.2 Å². The van der Waals surface area contributed by atoms with Gasteiger partial charge in [-0.05, 0) is 30.7 Å². The number of nitrogens with zero attached hydrogens (tertiary/aromatic N) is 1. The summed E-state index contributed by atoms with van der Waals surface area (Å²) in [6.07, 6.45) is 1.53. The number of nitrogens with two attached hydrogens (primary N) is 2. The minimum absolute atomic E-state index is 0.480. The summed E-state index contributed by atoms with van der Waals surface area (Å²) in [6, 6.07) is 7.07. The van der Waals surface area contributed by atoms with Crippen LogP contribution in [0.5, 0.6) is 5.75 Å². The Balaban J connectivity index is 2.45. The maximum atomic E-state index is 11.2. The summed E-state index contributed by atoms with van der Waals surface area (Å²) >= 11 is 0. The molecule has 1 atom stereocenters. The summed E-state index contributed by atoms with van der Waals surface area (Å²) in [5, 5.41) is 0.775. The van der Waals surface area contributed by atoms with Crippen LogP contribution in [0.1, 0.15) is 13.3 Å². The lowest BCUT2D eigenvalue weighted by Crippen LogP contribution is -2.33. The van der Waals surface area contributed by atoms with Gasteiger partial charge in [-0.1, -0.05) is 6.92 Å². The Morgan fingerprint density at radius 1 is 1.44 bits per heavy atom. The Kier molecular flexibility index (Phi) is 3.32. The normalized spacial score (nSPS) is 12.3. The Bertz CT molecular complexity index is 583. The summed E-state index contributed by atoms with van der Waals surface area (Å²) < 4.78 is 5.62. The molecule has 0 bridgehead atoms. The van der Waals surface area contributed by atoms with Crippen molar-refractivity contribution in [2.24, 2.45) is 5.73 Å². The topological polar surface area (TPSA) is 91.2 Å². The van der Waals surface area contributed by atoms with Crippen LogP contribution in [0.4, 0.5) is 5.69 Å². The molecule has 1 unspecified atom stereocenters. The number of amides is 1. The van der Waals surface area contributed by atoms with Gasteiger partial charge in [-0.3, -0.25) is 9.78 Å². The first-order chi connectivity index (χ1) is 8.63. The third-order valence-electron chi connectivity index (χ3n) is 2.72. The third-order valence-corrected chi connectivity index (χ3v) is 2.72. The Morgan fingerprint density at radius 3 is 2.89 bits per heavy atom. The van der Waals surface area contributed by atoms with Gasteiger partial charge in [0.25, 0.3) is 5.91 Å². The van der Waals surface area contributed by atoms with E-state index < -0.39 is 12.0 Å². The van der Waals surface area contributed by atoms with E-state index in [-0.39, 0.29) is 0 Å². The standard InChI is InChI=1S/C13H15N3O2/c1-2-10(13(15)17)18-11-6-5-9(14)12-8(11)4-3-7-16-12/h3-7,10H,2,14H2,1H3,(H2,15,17). The van der Waals surface area contributed by atoms with E-state index in [2.05, 4.69) is 4.98 Å². The number of anilines is 1. The van der Waals surface area contributed by atoms with Crippen LogP contribution < -0.4 is 16.2 Å². The van der Waals surface area contributed by atoms with Crippen molar-refractivity contribution in [2.45, 2.75) is 19.4 Å². The van der Waals surface area contributed by atoms with Crippen LogP contribution in [0.15, 0.2) is 30.5 Å². The van der Waals surface area contributed by atoms with E-state index in [1.54, 1.807) is 24.4 Å². The van der Waals surface area contributed by atoms with Gasteiger partial charge >= 0.3 is 0 Å². The molecule has 0 fully saturated rings. The molecule has 0 radical (unpaired) electrons. The summed E-state index contributed by atoms with van der Waals surface area (Å²) in [5.41, 5.74) is 12.3. The van der Waals surface area contributed by atoms with Gasteiger partial charge in [-0.2, -0.15) is 0 Å². The van der Waals surface area contributed by atoms with Gasteiger partial charge in [0.2, 0.25) is 0 Å². The number of carbonyl (C=O) groups excluding carboxylic acids is 1. The van der Waals surface area contributed by atoms with Gasteiger partial charge in [0.15, 0.2) is 6.10 Å². The molecule has 0 aliphatic heterocycles. The van der Waals surface area contributed by atoms with E-state index in [9.17, 15) is 4.79 Å². The second-order valence-corrected chi connectivity index (χ2v) is 3.97. The number of primary amides is 1. The zero-order chi connectivity index (χ0) is 13.1. The molecule has 1 heterocycles. The van der Waals surface area contributed by atoms with E-state index in [1.165, 1.54) is 0 Å². The van der Waals surface area contributed by atoms with E-state index in [0.29, 0.717) is 23.4 Å². The van der Waals surface area contributed by atoms with E-state index in [1.807, 2.05) is 13.0 Å². The quantitative estimate of drug-likeness (QED) is 0.798. The molecule has 4 N–H and O–H groups in total. The summed E-state index contributed by atoms with van der Waals surface area (Å²) in [7, 11) is 0. The first-order valence-electron chi connectivity index (χ1n) is 5.72. The third kappa shape index (κ3) is 2.20. The molecular weight excluding hydrogens is 230 g/mol. The molecule has 2 aromatic rings. The molecule has 0 saturated heterocycles. The molecule has 18 heavy (non-hydrogen) atoms. The van der Waals surface area contributed by atoms with Crippen molar-refractivity contribution in [1.29, 1.82) is 0 Å². The molecule has 0 saturated carbocycles. The van der Waals surface area contributed by atoms with Crippen LogP contribution in [0, 0.1) is 0 Å². The number of rotatable bonds is 4. The highest BCUT2D eigenvalue weighted by atomic mass is 16.5. The smallest absolute Gasteiger partial charge is 0.258 e. The van der Waals surface area contributed by atoms with Crippen LogP contribution in [0.25, 0.3) is 10.9 Å². The van der Waals surface area contributed by atoms with Crippen LogP contribution in [0.2, 0.25) is 0 Å². The fourth-order valence-electron chi connectivity index (χ4n) is 1.77. The number of fused-ring (bicyclic) bond motifs is 1. The minimum atomic E-state index is -0.642. The number of pyridine rings is 1. The predicted octanol–water partition coefficient (Wildman–Crippen LogP) is 1.46. The average Bonchev–Trinajstić information content (AvgIpc) is 2.38. The number of carbonyl (C=O) groups is 1. The van der Waals surface area contributed by atoms with Crippen molar-refractivity contribution in [2.75, 3.05) is 5.73 Å². The minimum Gasteiger partial charge on any atom is -0.480 e. The van der Waals surface area contributed by atoms with Crippen LogP contribution in [-0.2, 0) is 4.79 Å². The van der Waals surface area contributed by atoms with Crippen molar-refractivity contribution in [1.82, 2.24) is 4.98 Å². The highest BCUT2D eigenvalue weighted by molar-refractivity contribution is 5.94. The monoisotopic (exact) mass is 245 g/mol. The molecule has 0 spiro atoms. The molecular formula is C13H15N3O2. The van der Waals surface area contributed by atoms with Gasteiger partial charge in [0.05, 0.1) is 11.2 Å². The SMILES string of the molecule is CCC(Oc1ccc(N)c2ncccc12)C(N)=O. The summed E-state index contributed by atoms with van der Waals surface area (Å²) in [6.45, 7) is 1.84. The maximum absolute atomic E-state index is 11.2. The number of hydrogen-bond donors (Lipinski definition) is 2. The lowest BCUT2D eigenvalue weighted by atomic mass is 10.1. The maximum Gasteiger partial charge on any atom is 0.258 e. The molecule has 94 valence electrons. The molecule has 0 aliphatic rings. The van der Waals surface area contributed by atoms with E-state index in [0.717, 1.165) is 5.39 Å². The van der Waals surface area contributed by atoms with E-state index >= 15 is 0 Å². The van der Waals surface area contributed by atoms with Gasteiger partial charge in [-0.25, -0.2) is 0 Å². The van der Waals surface area contributed by atoms with Crippen LogP contribution in [-0.4, -0.2) is 17.0 Å². The van der Waals surface area contributed by atoms with Gasteiger partial charge in [-0.15, -0.1) is 0 Å². The lowest BCUT2D eigenvalue weighted by molar-refractivity contribution is -0.124.